The number of para-hydroxylation sites is 1. The van der Waals surface area contributed by atoms with Gasteiger partial charge in [-0.3, -0.25) is 0 Å². The summed E-state index contributed by atoms with van der Waals surface area (Å²) in [6, 6.07) is 11.9. The monoisotopic (exact) mass is 416 g/mol. The molecule has 1 aliphatic rings. The predicted molar refractivity (Wildman–Crippen MR) is 70.0 cm³/mol. The fourth-order valence-electron chi connectivity index (χ4n) is 2.12. The summed E-state index contributed by atoms with van der Waals surface area (Å²) >= 11 is 0. The second-order valence-electron chi connectivity index (χ2n) is 4.03. The number of fused-ring (bicyclic) bond motifs is 1. The van der Waals surface area contributed by atoms with Gasteiger partial charge in [-0.25, -0.2) is 4.98 Å². The smallest absolute Gasteiger partial charge is 0.144 e. The van der Waals surface area contributed by atoms with Crippen LogP contribution in [0.2, 0.25) is 0 Å². The van der Waals surface area contributed by atoms with Crippen LogP contribution >= 0.6 is 0 Å². The molecule has 0 aliphatic carbocycles. The molecule has 1 aromatic carbocycles. The number of aromatic nitrogens is 1. The SMILES string of the molecule is [CH2-]c1ccccc1N1c2ncccc2NC1[CH2-].[Ir]. The minimum Gasteiger partial charge on any atom is -0.391 e. The molecule has 3 rings (SSSR count). The van der Waals surface area contributed by atoms with Crippen LogP contribution in [-0.2, 0) is 20.1 Å². The van der Waals surface area contributed by atoms with Crippen molar-refractivity contribution in [2.75, 3.05) is 10.2 Å². The van der Waals surface area contributed by atoms with E-state index in [4.69, 9.17) is 0 Å². The Bertz CT molecular complexity index is 556. The van der Waals surface area contributed by atoms with Gasteiger partial charge < -0.3 is 17.1 Å². The van der Waals surface area contributed by atoms with Crippen LogP contribution in [-0.4, -0.2) is 11.1 Å². The number of hydrogen-bond acceptors (Lipinski definition) is 3. The molecule has 1 unspecified atom stereocenters. The zero-order chi connectivity index (χ0) is 11.8. The van der Waals surface area contributed by atoms with Crippen molar-refractivity contribution in [1.82, 2.24) is 4.98 Å². The van der Waals surface area contributed by atoms with Crippen LogP contribution in [0.4, 0.5) is 17.2 Å². The Balaban J connectivity index is 0.00000120. The maximum atomic E-state index is 4.40. The van der Waals surface area contributed by atoms with Gasteiger partial charge in [0.1, 0.15) is 5.82 Å². The minimum atomic E-state index is -0.0530. The summed E-state index contributed by atoms with van der Waals surface area (Å²) in [4.78, 5) is 6.47. The summed E-state index contributed by atoms with van der Waals surface area (Å²) in [7, 11) is 0. The number of benzene rings is 1. The Morgan fingerprint density at radius 3 is 2.72 bits per heavy atom. The summed E-state index contributed by atoms with van der Waals surface area (Å²) in [5.74, 6) is 0.906. The third-order valence-corrected chi connectivity index (χ3v) is 2.90. The molecular formula is C14H13IrN3-2. The molecule has 2 heterocycles. The van der Waals surface area contributed by atoms with E-state index in [9.17, 15) is 0 Å². The largest absolute Gasteiger partial charge is 0.391 e. The van der Waals surface area contributed by atoms with Crippen molar-refractivity contribution in [1.29, 1.82) is 0 Å². The molecular weight excluding hydrogens is 402 g/mol. The van der Waals surface area contributed by atoms with E-state index in [0.717, 1.165) is 22.8 Å². The number of rotatable bonds is 1. The van der Waals surface area contributed by atoms with E-state index >= 15 is 0 Å². The molecule has 0 spiro atoms. The van der Waals surface area contributed by atoms with Crippen molar-refractivity contribution in [3.8, 4) is 0 Å². The van der Waals surface area contributed by atoms with Crippen LogP contribution < -0.4 is 10.2 Å². The van der Waals surface area contributed by atoms with Gasteiger partial charge in [-0.05, 0) is 18.3 Å². The van der Waals surface area contributed by atoms with Crippen molar-refractivity contribution in [2.24, 2.45) is 0 Å². The second kappa shape index (κ2) is 5.01. The maximum absolute atomic E-state index is 4.40. The van der Waals surface area contributed by atoms with Gasteiger partial charge in [-0.1, -0.05) is 17.8 Å². The van der Waals surface area contributed by atoms with E-state index in [2.05, 4.69) is 29.0 Å². The summed E-state index contributed by atoms with van der Waals surface area (Å²) in [5, 5.41) is 3.30. The van der Waals surface area contributed by atoms with Crippen molar-refractivity contribution < 1.29 is 20.1 Å². The molecule has 1 atom stereocenters. The summed E-state index contributed by atoms with van der Waals surface area (Å²) in [5.41, 5.74) is 3.02. The van der Waals surface area contributed by atoms with Crippen molar-refractivity contribution in [3.05, 3.63) is 62.0 Å². The molecule has 0 saturated heterocycles. The van der Waals surface area contributed by atoms with E-state index in [1.54, 1.807) is 6.20 Å². The quantitative estimate of drug-likeness (QED) is 0.726. The molecule has 1 N–H and O–H groups in total. The van der Waals surface area contributed by atoms with Crippen LogP contribution in [0.15, 0.2) is 42.6 Å². The molecule has 95 valence electrons. The fourth-order valence-corrected chi connectivity index (χ4v) is 2.12. The molecule has 18 heavy (non-hydrogen) atoms. The molecule has 0 bridgehead atoms. The van der Waals surface area contributed by atoms with Crippen LogP contribution in [0.5, 0.6) is 0 Å². The number of hydrogen-bond donors (Lipinski definition) is 1. The van der Waals surface area contributed by atoms with E-state index in [1.165, 1.54) is 0 Å². The average molecular weight is 415 g/mol. The Labute approximate surface area is 121 Å². The standard InChI is InChI=1S/C14H13N3.Ir/c1-10-6-3-4-8-13(10)17-11(2)16-12-7-5-9-15-14(12)17;/h3-9,11,16H,1-2H2;/q-2;. The van der Waals surface area contributed by atoms with Crippen molar-refractivity contribution in [2.45, 2.75) is 6.17 Å². The first kappa shape index (κ1) is 12.9. The van der Waals surface area contributed by atoms with Gasteiger partial charge in [-0.15, -0.1) is 6.07 Å². The Morgan fingerprint density at radius 1 is 1.17 bits per heavy atom. The minimum absolute atomic E-state index is 0. The van der Waals surface area contributed by atoms with Crippen LogP contribution in [0.25, 0.3) is 0 Å². The third-order valence-electron chi connectivity index (χ3n) is 2.90. The van der Waals surface area contributed by atoms with Crippen LogP contribution in [0, 0.1) is 13.8 Å². The van der Waals surface area contributed by atoms with Gasteiger partial charge >= 0.3 is 0 Å². The fraction of sp³-hybridized carbons (Fsp3) is 0.0714. The average Bonchev–Trinajstić information content (AvgIpc) is 2.66. The van der Waals surface area contributed by atoms with Crippen LogP contribution in [0.3, 0.4) is 0 Å². The molecule has 2 aromatic rings. The zero-order valence-corrected chi connectivity index (χ0v) is 12.2. The second-order valence-corrected chi connectivity index (χ2v) is 4.03. The molecule has 4 heteroatoms. The summed E-state index contributed by atoms with van der Waals surface area (Å²) < 4.78 is 0. The first-order valence-electron chi connectivity index (χ1n) is 5.52. The molecule has 1 radical (unpaired) electrons. The summed E-state index contributed by atoms with van der Waals surface area (Å²) in [6.07, 6.45) is 1.74. The van der Waals surface area contributed by atoms with Gasteiger partial charge in [0.2, 0.25) is 0 Å². The third kappa shape index (κ3) is 1.98. The molecule has 1 aromatic heterocycles. The van der Waals surface area contributed by atoms with E-state index in [-0.39, 0.29) is 26.3 Å². The van der Waals surface area contributed by atoms with Crippen molar-refractivity contribution in [3.63, 3.8) is 0 Å². The van der Waals surface area contributed by atoms with Gasteiger partial charge in [-0.2, -0.15) is 18.6 Å². The van der Waals surface area contributed by atoms with Gasteiger partial charge in [0.05, 0.1) is 5.69 Å². The Hall–Kier alpha value is -1.51. The number of nitrogens with zero attached hydrogens (tertiary/aromatic N) is 2. The number of pyridine rings is 1. The Kier molecular flexibility index (Phi) is 3.60. The van der Waals surface area contributed by atoms with E-state index in [0.29, 0.717) is 0 Å². The van der Waals surface area contributed by atoms with Gasteiger partial charge in [0.25, 0.3) is 0 Å². The number of anilines is 3. The summed E-state index contributed by atoms with van der Waals surface area (Å²) in [6.45, 7) is 8.15. The first-order chi connectivity index (χ1) is 8.27. The molecule has 0 amide bonds. The van der Waals surface area contributed by atoms with Gasteiger partial charge in [0.15, 0.2) is 0 Å². The van der Waals surface area contributed by atoms with E-state index < -0.39 is 0 Å². The van der Waals surface area contributed by atoms with Gasteiger partial charge in [0, 0.05) is 26.3 Å². The predicted octanol–water partition coefficient (Wildman–Crippen LogP) is 2.99. The van der Waals surface area contributed by atoms with Crippen molar-refractivity contribution >= 4 is 17.2 Å². The molecule has 0 fully saturated rings. The first-order valence-corrected chi connectivity index (χ1v) is 5.52. The molecule has 0 saturated carbocycles. The molecule has 3 nitrogen and oxygen atoms in total. The van der Waals surface area contributed by atoms with E-state index in [1.807, 2.05) is 36.4 Å². The molecule has 1 aliphatic heterocycles. The maximum Gasteiger partial charge on any atom is 0.144 e. The number of nitrogens with one attached hydrogen (secondary N) is 1. The van der Waals surface area contributed by atoms with Crippen LogP contribution in [0.1, 0.15) is 5.56 Å². The topological polar surface area (TPSA) is 28.2 Å². The Morgan fingerprint density at radius 2 is 1.94 bits per heavy atom. The normalized spacial score (nSPS) is 16.7. The zero-order valence-electron chi connectivity index (χ0n) is 9.76.